The second kappa shape index (κ2) is 5.79. The molecule has 0 fully saturated rings. The zero-order chi connectivity index (χ0) is 11.3. The smallest absolute Gasteiger partial charge is 0.306 e. The molecule has 0 aliphatic rings. The molecule has 1 rings (SSSR count). The van der Waals surface area contributed by atoms with Crippen LogP contribution in [-0.4, -0.2) is 33.8 Å². The van der Waals surface area contributed by atoms with Crippen molar-refractivity contribution in [3.8, 4) is 0 Å². The van der Waals surface area contributed by atoms with Crippen molar-refractivity contribution in [2.24, 2.45) is 0 Å². The molecule has 15 heavy (non-hydrogen) atoms. The molecule has 1 aromatic heterocycles. The van der Waals surface area contributed by atoms with Gasteiger partial charge in [0.2, 0.25) is 0 Å². The van der Waals surface area contributed by atoms with E-state index in [1.54, 1.807) is 11.3 Å². The first-order valence-electron chi connectivity index (χ1n) is 4.59. The lowest BCUT2D eigenvalue weighted by Gasteiger charge is -2.07. The molecule has 6 heteroatoms. The van der Waals surface area contributed by atoms with Gasteiger partial charge in [0.05, 0.1) is 12.5 Å². The van der Waals surface area contributed by atoms with Gasteiger partial charge in [-0.1, -0.05) is 0 Å². The van der Waals surface area contributed by atoms with Crippen molar-refractivity contribution in [1.82, 2.24) is 10.3 Å². The van der Waals surface area contributed by atoms with E-state index in [0.717, 1.165) is 10.7 Å². The summed E-state index contributed by atoms with van der Waals surface area (Å²) in [5.41, 5.74) is 0.975. The highest BCUT2D eigenvalue weighted by Gasteiger charge is 2.08. The second-order valence-electron chi connectivity index (χ2n) is 3.27. The van der Waals surface area contributed by atoms with E-state index in [1.165, 1.54) is 0 Å². The van der Waals surface area contributed by atoms with E-state index in [0.29, 0.717) is 6.54 Å². The standard InChI is InChI=1S/C9H14N2O3S/c1-6-5-15-8(11-6)4-10-3-7(12)2-9(13)14/h5,7,10,12H,2-4H2,1H3,(H,13,14). The number of nitrogens with one attached hydrogen (secondary N) is 1. The van der Waals surface area contributed by atoms with Crippen LogP contribution < -0.4 is 5.32 Å². The Labute approximate surface area is 91.8 Å². The summed E-state index contributed by atoms with van der Waals surface area (Å²) < 4.78 is 0. The van der Waals surface area contributed by atoms with Crippen LogP contribution in [0.4, 0.5) is 0 Å². The van der Waals surface area contributed by atoms with Crippen molar-refractivity contribution in [2.45, 2.75) is 26.0 Å². The van der Waals surface area contributed by atoms with Crippen LogP contribution >= 0.6 is 11.3 Å². The Kier molecular flexibility index (Phi) is 4.67. The number of aliphatic carboxylic acids is 1. The number of aromatic nitrogens is 1. The fourth-order valence-corrected chi connectivity index (χ4v) is 1.84. The fraction of sp³-hybridized carbons (Fsp3) is 0.556. The predicted molar refractivity (Wildman–Crippen MR) is 56.8 cm³/mol. The Hall–Kier alpha value is -0.980. The van der Waals surface area contributed by atoms with Gasteiger partial charge in [0.15, 0.2) is 0 Å². The van der Waals surface area contributed by atoms with Crippen molar-refractivity contribution < 1.29 is 15.0 Å². The Morgan fingerprint density at radius 2 is 2.47 bits per heavy atom. The normalized spacial score (nSPS) is 12.7. The third kappa shape index (κ3) is 4.87. The van der Waals surface area contributed by atoms with Crippen molar-refractivity contribution >= 4 is 17.3 Å². The zero-order valence-electron chi connectivity index (χ0n) is 8.43. The Bertz CT molecular complexity index is 327. The Balaban J connectivity index is 2.18. The highest BCUT2D eigenvalue weighted by atomic mass is 32.1. The molecule has 1 atom stereocenters. The monoisotopic (exact) mass is 230 g/mol. The van der Waals surface area contributed by atoms with E-state index in [-0.39, 0.29) is 13.0 Å². The van der Waals surface area contributed by atoms with Gasteiger partial charge in [-0.3, -0.25) is 4.79 Å². The number of carboxylic acid groups (broad SMARTS) is 1. The molecular formula is C9H14N2O3S. The molecule has 3 N–H and O–H groups in total. The van der Waals surface area contributed by atoms with Gasteiger partial charge >= 0.3 is 5.97 Å². The average molecular weight is 230 g/mol. The van der Waals surface area contributed by atoms with Crippen LogP contribution in [0.5, 0.6) is 0 Å². The molecule has 0 spiro atoms. The number of nitrogens with zero attached hydrogens (tertiary/aromatic N) is 1. The topological polar surface area (TPSA) is 82.5 Å². The average Bonchev–Trinajstić information content (AvgIpc) is 2.50. The van der Waals surface area contributed by atoms with Gasteiger partial charge < -0.3 is 15.5 Å². The van der Waals surface area contributed by atoms with Crippen molar-refractivity contribution in [3.63, 3.8) is 0 Å². The molecular weight excluding hydrogens is 216 g/mol. The van der Waals surface area contributed by atoms with Gasteiger partial charge in [0.1, 0.15) is 5.01 Å². The molecule has 0 saturated carbocycles. The summed E-state index contributed by atoms with van der Waals surface area (Å²) in [6.45, 7) is 2.75. The minimum atomic E-state index is -0.991. The van der Waals surface area contributed by atoms with Gasteiger partial charge in [0, 0.05) is 24.2 Å². The Morgan fingerprint density at radius 3 is 3.00 bits per heavy atom. The van der Waals surface area contributed by atoms with Gasteiger partial charge in [-0.05, 0) is 6.92 Å². The number of hydrogen-bond acceptors (Lipinski definition) is 5. The number of rotatable bonds is 6. The van der Waals surface area contributed by atoms with Crippen LogP contribution in [-0.2, 0) is 11.3 Å². The molecule has 0 saturated heterocycles. The van der Waals surface area contributed by atoms with Gasteiger partial charge in [0.25, 0.3) is 0 Å². The van der Waals surface area contributed by atoms with Gasteiger partial charge in [-0.25, -0.2) is 4.98 Å². The molecule has 0 radical (unpaired) electrons. The number of hydrogen-bond donors (Lipinski definition) is 3. The van der Waals surface area contributed by atoms with Crippen LogP contribution in [0, 0.1) is 6.92 Å². The summed E-state index contributed by atoms with van der Waals surface area (Å²) >= 11 is 1.54. The maximum absolute atomic E-state index is 10.2. The SMILES string of the molecule is Cc1csc(CNCC(O)CC(=O)O)n1. The first-order valence-corrected chi connectivity index (χ1v) is 5.47. The minimum Gasteiger partial charge on any atom is -0.481 e. The number of aliphatic hydroxyl groups excluding tert-OH is 1. The van der Waals surface area contributed by atoms with Gasteiger partial charge in [-0.2, -0.15) is 0 Å². The lowest BCUT2D eigenvalue weighted by molar-refractivity contribution is -0.139. The fourth-order valence-electron chi connectivity index (χ4n) is 1.10. The van der Waals surface area contributed by atoms with E-state index in [1.807, 2.05) is 12.3 Å². The summed E-state index contributed by atoms with van der Waals surface area (Å²) in [6, 6.07) is 0. The van der Waals surface area contributed by atoms with E-state index in [9.17, 15) is 9.90 Å². The summed E-state index contributed by atoms with van der Waals surface area (Å²) in [5.74, 6) is -0.991. The van der Waals surface area contributed by atoms with Crippen LogP contribution in [0.25, 0.3) is 0 Å². The molecule has 1 aromatic rings. The summed E-state index contributed by atoms with van der Waals surface area (Å²) in [7, 11) is 0. The van der Waals surface area contributed by atoms with Crippen LogP contribution in [0.3, 0.4) is 0 Å². The first kappa shape index (κ1) is 12.1. The molecule has 84 valence electrons. The molecule has 5 nitrogen and oxygen atoms in total. The molecule has 0 aromatic carbocycles. The number of thiazole rings is 1. The molecule has 1 unspecified atom stereocenters. The van der Waals surface area contributed by atoms with Crippen LogP contribution in [0.2, 0.25) is 0 Å². The quantitative estimate of drug-likeness (QED) is 0.658. The van der Waals surface area contributed by atoms with Crippen molar-refractivity contribution in [2.75, 3.05) is 6.54 Å². The third-order valence-corrected chi connectivity index (χ3v) is 2.70. The molecule has 0 bridgehead atoms. The minimum absolute atomic E-state index is 0.232. The van der Waals surface area contributed by atoms with Crippen LogP contribution in [0.1, 0.15) is 17.1 Å². The number of carbonyl (C=O) groups is 1. The number of aryl methyl sites for hydroxylation is 1. The Morgan fingerprint density at radius 1 is 1.73 bits per heavy atom. The summed E-state index contributed by atoms with van der Waals surface area (Å²) in [5, 5.41) is 23.5. The summed E-state index contributed by atoms with van der Waals surface area (Å²) in [4.78, 5) is 14.5. The van der Waals surface area contributed by atoms with E-state index < -0.39 is 12.1 Å². The van der Waals surface area contributed by atoms with Crippen molar-refractivity contribution in [1.29, 1.82) is 0 Å². The van der Waals surface area contributed by atoms with Crippen molar-refractivity contribution in [3.05, 3.63) is 16.1 Å². The number of carboxylic acids is 1. The molecule has 0 amide bonds. The molecule has 0 aliphatic heterocycles. The second-order valence-corrected chi connectivity index (χ2v) is 4.21. The maximum Gasteiger partial charge on any atom is 0.306 e. The lowest BCUT2D eigenvalue weighted by Crippen LogP contribution is -2.28. The highest BCUT2D eigenvalue weighted by molar-refractivity contribution is 7.09. The van der Waals surface area contributed by atoms with Gasteiger partial charge in [-0.15, -0.1) is 11.3 Å². The first-order chi connectivity index (χ1) is 7.08. The largest absolute Gasteiger partial charge is 0.481 e. The summed E-state index contributed by atoms with van der Waals surface area (Å²) in [6.07, 6.45) is -1.08. The van der Waals surface area contributed by atoms with Crippen LogP contribution in [0.15, 0.2) is 5.38 Å². The maximum atomic E-state index is 10.2. The highest BCUT2D eigenvalue weighted by Crippen LogP contribution is 2.07. The third-order valence-electron chi connectivity index (χ3n) is 1.73. The van der Waals surface area contributed by atoms with E-state index in [2.05, 4.69) is 10.3 Å². The van der Waals surface area contributed by atoms with E-state index >= 15 is 0 Å². The number of aliphatic hydroxyl groups is 1. The van der Waals surface area contributed by atoms with E-state index in [4.69, 9.17) is 5.11 Å². The molecule has 1 heterocycles. The zero-order valence-corrected chi connectivity index (χ0v) is 9.25. The molecule has 0 aliphatic carbocycles. The predicted octanol–water partition coefficient (Wildman–Crippen LogP) is 0.377. The lowest BCUT2D eigenvalue weighted by atomic mass is 10.2.